The van der Waals surface area contributed by atoms with E-state index in [9.17, 15) is 9.59 Å². The number of nitrogens with two attached hydrogens (primary N) is 2. The van der Waals surface area contributed by atoms with Gasteiger partial charge in [-0.3, -0.25) is 9.59 Å². The molecule has 1 aromatic rings. The molecular formula is C20H26N2O5. The molecule has 7 heteroatoms. The molecule has 1 aliphatic rings. The molecule has 27 heavy (non-hydrogen) atoms. The van der Waals surface area contributed by atoms with Crippen LogP contribution < -0.4 is 11.5 Å². The summed E-state index contributed by atoms with van der Waals surface area (Å²) < 4.78 is 16.2. The van der Waals surface area contributed by atoms with E-state index in [0.29, 0.717) is 0 Å². The molecular weight excluding hydrogens is 348 g/mol. The van der Waals surface area contributed by atoms with Gasteiger partial charge in [-0.05, 0) is 5.56 Å². The van der Waals surface area contributed by atoms with E-state index in [1.807, 2.05) is 36.4 Å². The number of benzene rings is 1. The van der Waals surface area contributed by atoms with Crippen molar-refractivity contribution in [2.75, 3.05) is 26.3 Å². The predicted molar refractivity (Wildman–Crippen MR) is 101 cm³/mol. The summed E-state index contributed by atoms with van der Waals surface area (Å²) in [5, 5.41) is 0. The molecule has 0 saturated carbocycles. The Morgan fingerprint density at radius 2 is 1.56 bits per heavy atom. The van der Waals surface area contributed by atoms with Crippen molar-refractivity contribution in [3.63, 3.8) is 0 Å². The molecule has 2 rings (SSSR count). The molecule has 0 unspecified atom stereocenters. The maximum absolute atomic E-state index is 12.6. The summed E-state index contributed by atoms with van der Waals surface area (Å²) in [7, 11) is 0. The first-order chi connectivity index (χ1) is 13.1. The molecule has 146 valence electrons. The van der Waals surface area contributed by atoms with Crippen LogP contribution in [0.3, 0.4) is 0 Å². The van der Waals surface area contributed by atoms with Gasteiger partial charge in [-0.2, -0.15) is 0 Å². The van der Waals surface area contributed by atoms with Gasteiger partial charge < -0.3 is 25.7 Å². The first-order valence-electron chi connectivity index (χ1n) is 8.87. The number of carbonyl (C=O) groups is 2. The van der Waals surface area contributed by atoms with Crippen LogP contribution in [0.1, 0.15) is 5.56 Å². The summed E-state index contributed by atoms with van der Waals surface area (Å²) in [5.41, 5.74) is 11.8. The van der Waals surface area contributed by atoms with Gasteiger partial charge in [0.2, 0.25) is 0 Å². The molecule has 4 N–H and O–H groups in total. The molecule has 1 saturated heterocycles. The zero-order chi connectivity index (χ0) is 19.6. The van der Waals surface area contributed by atoms with Crippen molar-refractivity contribution in [1.82, 2.24) is 0 Å². The Balaban J connectivity index is 2.27. The van der Waals surface area contributed by atoms with Gasteiger partial charge in [0.15, 0.2) is 0 Å². The van der Waals surface area contributed by atoms with E-state index in [0.717, 1.165) is 5.56 Å². The molecule has 0 aliphatic carbocycles. The SMILES string of the molecule is C=C[C@@H]1O[C@H](/C=C/c2ccccc2)[C@@H](C(=O)OCCN)[C@H]1C(=O)OCCN. The Labute approximate surface area is 158 Å². The third-order valence-corrected chi connectivity index (χ3v) is 4.19. The Morgan fingerprint density at radius 3 is 2.07 bits per heavy atom. The Morgan fingerprint density at radius 1 is 1.00 bits per heavy atom. The molecule has 0 aromatic heterocycles. The van der Waals surface area contributed by atoms with Crippen molar-refractivity contribution in [3.8, 4) is 0 Å². The summed E-state index contributed by atoms with van der Waals surface area (Å²) in [6, 6.07) is 9.56. The third-order valence-electron chi connectivity index (χ3n) is 4.19. The molecule has 1 heterocycles. The second-order valence-corrected chi connectivity index (χ2v) is 6.03. The van der Waals surface area contributed by atoms with Crippen LogP contribution in [-0.4, -0.2) is 50.4 Å². The van der Waals surface area contributed by atoms with Gasteiger partial charge in [0, 0.05) is 13.1 Å². The Kier molecular flexibility index (Phi) is 8.19. The van der Waals surface area contributed by atoms with Crippen LogP contribution in [0.5, 0.6) is 0 Å². The topological polar surface area (TPSA) is 114 Å². The van der Waals surface area contributed by atoms with Crippen molar-refractivity contribution < 1.29 is 23.8 Å². The molecule has 0 radical (unpaired) electrons. The number of carbonyl (C=O) groups excluding carboxylic acids is 2. The van der Waals surface area contributed by atoms with E-state index in [1.165, 1.54) is 6.08 Å². The lowest BCUT2D eigenvalue weighted by molar-refractivity contribution is -0.159. The number of hydrogen-bond acceptors (Lipinski definition) is 7. The fraction of sp³-hybridized carbons (Fsp3) is 0.400. The fourth-order valence-corrected chi connectivity index (χ4v) is 2.97. The number of hydrogen-bond donors (Lipinski definition) is 2. The number of esters is 2. The van der Waals surface area contributed by atoms with Gasteiger partial charge >= 0.3 is 11.9 Å². The quantitative estimate of drug-likeness (QED) is 0.487. The van der Waals surface area contributed by atoms with Gasteiger partial charge in [0.25, 0.3) is 0 Å². The summed E-state index contributed by atoms with van der Waals surface area (Å²) in [5.74, 6) is -2.83. The third kappa shape index (κ3) is 5.50. The summed E-state index contributed by atoms with van der Waals surface area (Å²) in [6.07, 6.45) is 3.75. The van der Waals surface area contributed by atoms with Crippen LogP contribution in [0.25, 0.3) is 6.08 Å². The molecule has 1 fully saturated rings. The van der Waals surface area contributed by atoms with Gasteiger partial charge in [0.05, 0.1) is 12.2 Å². The van der Waals surface area contributed by atoms with Crippen LogP contribution in [0, 0.1) is 11.8 Å². The summed E-state index contributed by atoms with van der Waals surface area (Å²) in [4.78, 5) is 25.1. The average molecular weight is 374 g/mol. The second-order valence-electron chi connectivity index (χ2n) is 6.03. The molecule has 0 bridgehead atoms. The van der Waals surface area contributed by atoms with E-state index in [4.69, 9.17) is 25.7 Å². The monoisotopic (exact) mass is 374 g/mol. The van der Waals surface area contributed by atoms with Gasteiger partial charge in [-0.15, -0.1) is 6.58 Å². The average Bonchev–Trinajstić information content (AvgIpc) is 3.08. The second kappa shape index (κ2) is 10.6. The Hall–Kier alpha value is -2.48. The van der Waals surface area contributed by atoms with Crippen molar-refractivity contribution in [3.05, 3.63) is 54.6 Å². The maximum Gasteiger partial charge on any atom is 0.312 e. The molecule has 1 aliphatic heterocycles. The van der Waals surface area contributed by atoms with Crippen LogP contribution >= 0.6 is 0 Å². The minimum Gasteiger partial charge on any atom is -0.464 e. The lowest BCUT2D eigenvalue weighted by Gasteiger charge is -2.19. The standard InChI is InChI=1S/C20H26N2O5/c1-2-15-17(19(23)25-12-10-21)18(20(24)26-13-11-22)16(27-15)9-8-14-6-4-3-5-7-14/h2-9,15-18H,1,10-13,21-22H2/b9-8+/t15-,16+,17-,18+/m0/s1. The lowest BCUT2D eigenvalue weighted by atomic mass is 9.86. The van der Waals surface area contributed by atoms with Crippen molar-refractivity contribution in [2.45, 2.75) is 12.2 Å². The van der Waals surface area contributed by atoms with E-state index < -0.39 is 36.0 Å². The number of ether oxygens (including phenoxy) is 3. The molecule has 0 spiro atoms. The highest BCUT2D eigenvalue weighted by Gasteiger charge is 2.51. The maximum atomic E-state index is 12.6. The molecule has 7 nitrogen and oxygen atoms in total. The summed E-state index contributed by atoms with van der Waals surface area (Å²) >= 11 is 0. The predicted octanol–water partition coefficient (Wildman–Crippen LogP) is 0.889. The first kappa shape index (κ1) is 20.8. The van der Waals surface area contributed by atoms with Crippen molar-refractivity contribution in [1.29, 1.82) is 0 Å². The summed E-state index contributed by atoms with van der Waals surface area (Å²) in [6.45, 7) is 4.22. The van der Waals surface area contributed by atoms with Gasteiger partial charge in [-0.1, -0.05) is 48.6 Å². The minimum absolute atomic E-state index is 0.0633. The van der Waals surface area contributed by atoms with Crippen LogP contribution in [0.4, 0.5) is 0 Å². The highest BCUT2D eigenvalue weighted by Crippen LogP contribution is 2.36. The smallest absolute Gasteiger partial charge is 0.312 e. The highest BCUT2D eigenvalue weighted by molar-refractivity contribution is 5.84. The van der Waals surface area contributed by atoms with Crippen molar-refractivity contribution in [2.24, 2.45) is 23.3 Å². The fourth-order valence-electron chi connectivity index (χ4n) is 2.97. The molecule has 4 atom stereocenters. The van der Waals surface area contributed by atoms with Crippen LogP contribution in [-0.2, 0) is 23.8 Å². The van der Waals surface area contributed by atoms with Crippen LogP contribution in [0.2, 0.25) is 0 Å². The normalized spacial score (nSPS) is 24.7. The zero-order valence-electron chi connectivity index (χ0n) is 15.2. The van der Waals surface area contributed by atoms with E-state index in [1.54, 1.807) is 6.08 Å². The van der Waals surface area contributed by atoms with Gasteiger partial charge in [0.1, 0.15) is 25.0 Å². The zero-order valence-corrected chi connectivity index (χ0v) is 15.2. The number of rotatable bonds is 9. The lowest BCUT2D eigenvalue weighted by Crippen LogP contribution is -2.37. The highest BCUT2D eigenvalue weighted by atomic mass is 16.6. The van der Waals surface area contributed by atoms with E-state index in [-0.39, 0.29) is 26.3 Å². The van der Waals surface area contributed by atoms with E-state index >= 15 is 0 Å². The molecule has 1 aromatic carbocycles. The molecule has 0 amide bonds. The van der Waals surface area contributed by atoms with Crippen LogP contribution in [0.15, 0.2) is 49.1 Å². The largest absolute Gasteiger partial charge is 0.464 e. The first-order valence-corrected chi connectivity index (χ1v) is 8.87. The Bertz CT molecular complexity index is 662. The van der Waals surface area contributed by atoms with Gasteiger partial charge in [-0.25, -0.2) is 0 Å². The van der Waals surface area contributed by atoms with Crippen molar-refractivity contribution >= 4 is 18.0 Å². The van der Waals surface area contributed by atoms with E-state index in [2.05, 4.69) is 6.58 Å². The minimum atomic E-state index is -0.857.